The van der Waals surface area contributed by atoms with E-state index in [9.17, 15) is 4.79 Å². The highest BCUT2D eigenvalue weighted by atomic mass is 16.5. The first kappa shape index (κ1) is 22.1. The van der Waals surface area contributed by atoms with Gasteiger partial charge in [-0.3, -0.25) is 9.69 Å². The van der Waals surface area contributed by atoms with Crippen molar-refractivity contribution in [3.05, 3.63) is 95.4 Å². The molecule has 0 spiro atoms. The molecule has 1 aliphatic rings. The van der Waals surface area contributed by atoms with Crippen molar-refractivity contribution in [2.24, 2.45) is 0 Å². The smallest absolute Gasteiger partial charge is 0.255 e. The number of ether oxygens (including phenoxy) is 2. The van der Waals surface area contributed by atoms with E-state index in [1.807, 2.05) is 66.2 Å². The quantitative estimate of drug-likeness (QED) is 0.449. The second-order valence-electron chi connectivity index (χ2n) is 8.56. The van der Waals surface area contributed by atoms with Crippen molar-refractivity contribution in [2.75, 3.05) is 31.6 Å². The van der Waals surface area contributed by atoms with Crippen LogP contribution in [0.5, 0.6) is 5.75 Å². The van der Waals surface area contributed by atoms with Crippen molar-refractivity contribution in [1.82, 2.24) is 14.3 Å². The monoisotopic (exact) mass is 456 g/mol. The van der Waals surface area contributed by atoms with Crippen LogP contribution in [0.3, 0.4) is 0 Å². The Morgan fingerprint density at radius 3 is 2.79 bits per heavy atom. The molecule has 1 N–H and O–H groups in total. The van der Waals surface area contributed by atoms with Gasteiger partial charge in [-0.05, 0) is 54.4 Å². The van der Waals surface area contributed by atoms with E-state index in [0.29, 0.717) is 17.9 Å². The molecule has 174 valence electrons. The van der Waals surface area contributed by atoms with E-state index in [4.69, 9.17) is 9.47 Å². The molecule has 0 saturated carbocycles. The Kier molecular flexibility index (Phi) is 6.56. The van der Waals surface area contributed by atoms with Gasteiger partial charge in [-0.25, -0.2) is 4.98 Å². The highest BCUT2D eigenvalue weighted by Crippen LogP contribution is 2.19. The van der Waals surface area contributed by atoms with E-state index >= 15 is 0 Å². The van der Waals surface area contributed by atoms with Gasteiger partial charge in [0.2, 0.25) is 0 Å². The molecule has 0 bridgehead atoms. The second-order valence-corrected chi connectivity index (χ2v) is 8.56. The highest BCUT2D eigenvalue weighted by molar-refractivity contribution is 6.04. The number of hydrogen-bond acceptors (Lipinski definition) is 5. The topological polar surface area (TPSA) is 68.1 Å². The lowest BCUT2D eigenvalue weighted by Crippen LogP contribution is -2.35. The molecule has 1 amide bonds. The molecule has 34 heavy (non-hydrogen) atoms. The van der Waals surface area contributed by atoms with Gasteiger partial charge < -0.3 is 19.2 Å². The lowest BCUT2D eigenvalue weighted by molar-refractivity contribution is 0.0342. The zero-order chi connectivity index (χ0) is 23.3. The SMILES string of the molecule is Cc1ccc2nc(COc3cccc(C(=O)Nc4cccc(CN5CCOCC5)c4)c3)cn2c1. The van der Waals surface area contributed by atoms with Crippen LogP contribution >= 0.6 is 0 Å². The Bertz CT molecular complexity index is 1290. The first-order chi connectivity index (χ1) is 16.6. The van der Waals surface area contributed by atoms with Crippen molar-refractivity contribution in [3.8, 4) is 5.75 Å². The molecule has 4 aromatic rings. The molecule has 1 saturated heterocycles. The molecular formula is C27H28N4O3. The number of morpholine rings is 1. The first-order valence-electron chi connectivity index (χ1n) is 11.5. The van der Waals surface area contributed by atoms with E-state index in [2.05, 4.69) is 21.3 Å². The van der Waals surface area contributed by atoms with Crippen molar-refractivity contribution in [2.45, 2.75) is 20.1 Å². The molecule has 7 heteroatoms. The van der Waals surface area contributed by atoms with Crippen LogP contribution in [0.15, 0.2) is 73.1 Å². The van der Waals surface area contributed by atoms with E-state index in [1.54, 1.807) is 12.1 Å². The molecule has 2 aromatic carbocycles. The number of pyridine rings is 1. The van der Waals surface area contributed by atoms with Crippen molar-refractivity contribution in [1.29, 1.82) is 0 Å². The van der Waals surface area contributed by atoms with Gasteiger partial charge >= 0.3 is 0 Å². The van der Waals surface area contributed by atoms with Crippen LogP contribution in [0, 0.1) is 6.92 Å². The van der Waals surface area contributed by atoms with E-state index in [-0.39, 0.29) is 5.91 Å². The molecular weight excluding hydrogens is 428 g/mol. The molecule has 0 unspecified atom stereocenters. The van der Waals surface area contributed by atoms with Crippen LogP contribution < -0.4 is 10.1 Å². The zero-order valence-electron chi connectivity index (χ0n) is 19.2. The summed E-state index contributed by atoms with van der Waals surface area (Å²) in [5.74, 6) is 0.458. The molecule has 0 aliphatic carbocycles. The number of aromatic nitrogens is 2. The van der Waals surface area contributed by atoms with Crippen LogP contribution in [-0.2, 0) is 17.9 Å². The van der Waals surface area contributed by atoms with Gasteiger partial charge in [0.05, 0.1) is 18.9 Å². The van der Waals surface area contributed by atoms with E-state index in [0.717, 1.165) is 49.9 Å². The average molecular weight is 457 g/mol. The van der Waals surface area contributed by atoms with Gasteiger partial charge in [0, 0.05) is 43.3 Å². The third-order valence-electron chi connectivity index (χ3n) is 5.83. The van der Waals surface area contributed by atoms with Crippen molar-refractivity contribution < 1.29 is 14.3 Å². The minimum atomic E-state index is -0.169. The minimum absolute atomic E-state index is 0.169. The van der Waals surface area contributed by atoms with E-state index < -0.39 is 0 Å². The predicted octanol–water partition coefficient (Wildman–Crippen LogP) is 4.31. The number of carbonyl (C=O) groups is 1. The molecule has 7 nitrogen and oxygen atoms in total. The van der Waals surface area contributed by atoms with Crippen molar-refractivity contribution in [3.63, 3.8) is 0 Å². The largest absolute Gasteiger partial charge is 0.487 e. The fourth-order valence-corrected chi connectivity index (χ4v) is 4.08. The van der Waals surface area contributed by atoms with Crippen LogP contribution in [0.4, 0.5) is 5.69 Å². The number of carbonyl (C=O) groups excluding carboxylic acids is 1. The number of anilines is 1. The minimum Gasteiger partial charge on any atom is -0.487 e. The highest BCUT2D eigenvalue weighted by Gasteiger charge is 2.12. The maximum atomic E-state index is 12.9. The maximum absolute atomic E-state index is 12.9. The standard InChI is InChI=1S/C27H28N4O3/c1-20-8-9-26-28-24(18-31(26)16-20)19-34-25-7-3-5-22(15-25)27(32)29-23-6-2-4-21(14-23)17-30-10-12-33-13-11-30/h2-9,14-16,18H,10-13,17,19H2,1H3,(H,29,32). The van der Waals surface area contributed by atoms with Crippen LogP contribution in [0.25, 0.3) is 5.65 Å². The first-order valence-corrected chi connectivity index (χ1v) is 11.5. The number of rotatable bonds is 7. The van der Waals surface area contributed by atoms with Crippen LogP contribution in [0.1, 0.15) is 27.2 Å². The Morgan fingerprint density at radius 1 is 1.06 bits per heavy atom. The second kappa shape index (κ2) is 10.1. The summed E-state index contributed by atoms with van der Waals surface area (Å²) in [6.45, 7) is 6.62. The Morgan fingerprint density at radius 2 is 1.91 bits per heavy atom. The maximum Gasteiger partial charge on any atom is 0.255 e. The number of imidazole rings is 1. The summed E-state index contributed by atoms with van der Waals surface area (Å²) < 4.78 is 13.3. The van der Waals surface area contributed by atoms with Gasteiger partial charge in [0.15, 0.2) is 0 Å². The predicted molar refractivity (Wildman–Crippen MR) is 131 cm³/mol. The van der Waals surface area contributed by atoms with Gasteiger partial charge in [0.25, 0.3) is 5.91 Å². The Hall–Kier alpha value is -3.68. The van der Waals surface area contributed by atoms with Crippen LogP contribution in [0.2, 0.25) is 0 Å². The molecule has 3 heterocycles. The fraction of sp³-hybridized carbons (Fsp3) is 0.259. The molecule has 2 aromatic heterocycles. The number of aryl methyl sites for hydroxylation is 1. The number of benzene rings is 2. The lowest BCUT2D eigenvalue weighted by atomic mass is 10.1. The number of hydrogen-bond donors (Lipinski definition) is 1. The van der Waals surface area contributed by atoms with Gasteiger partial charge in [0.1, 0.15) is 18.0 Å². The molecule has 5 rings (SSSR count). The summed E-state index contributed by atoms with van der Waals surface area (Å²) in [6, 6.07) is 19.2. The number of nitrogens with zero attached hydrogens (tertiary/aromatic N) is 3. The van der Waals surface area contributed by atoms with Gasteiger partial charge in [-0.15, -0.1) is 0 Å². The number of nitrogens with one attached hydrogen (secondary N) is 1. The fourth-order valence-electron chi connectivity index (χ4n) is 4.08. The summed E-state index contributed by atoms with van der Waals surface area (Å²) in [4.78, 5) is 19.8. The number of fused-ring (bicyclic) bond motifs is 1. The summed E-state index contributed by atoms with van der Waals surface area (Å²) in [7, 11) is 0. The van der Waals surface area contributed by atoms with E-state index in [1.165, 1.54) is 11.1 Å². The molecule has 0 atom stereocenters. The summed E-state index contributed by atoms with van der Waals surface area (Å²) >= 11 is 0. The number of amides is 1. The molecule has 0 radical (unpaired) electrons. The Balaban J connectivity index is 1.21. The molecule has 1 aliphatic heterocycles. The Labute approximate surface area is 198 Å². The van der Waals surface area contributed by atoms with Gasteiger partial charge in [-0.1, -0.05) is 24.3 Å². The van der Waals surface area contributed by atoms with Crippen LogP contribution in [-0.4, -0.2) is 46.5 Å². The normalized spacial score (nSPS) is 14.3. The third-order valence-corrected chi connectivity index (χ3v) is 5.83. The third kappa shape index (κ3) is 5.44. The average Bonchev–Trinajstić information content (AvgIpc) is 3.26. The lowest BCUT2D eigenvalue weighted by Gasteiger charge is -2.26. The van der Waals surface area contributed by atoms with Crippen molar-refractivity contribution >= 4 is 17.2 Å². The zero-order valence-corrected chi connectivity index (χ0v) is 19.2. The summed E-state index contributed by atoms with van der Waals surface area (Å²) in [5.41, 5.74) is 5.37. The van der Waals surface area contributed by atoms with Gasteiger partial charge in [-0.2, -0.15) is 0 Å². The summed E-state index contributed by atoms with van der Waals surface area (Å²) in [6.07, 6.45) is 4.00. The molecule has 1 fully saturated rings. The summed E-state index contributed by atoms with van der Waals surface area (Å²) in [5, 5.41) is 3.01.